The van der Waals surface area contributed by atoms with E-state index in [4.69, 9.17) is 77.2 Å². The number of aliphatic hydroxyl groups excluding tert-OH is 1. The van der Waals surface area contributed by atoms with E-state index in [-0.39, 0.29) is 46.1 Å². The van der Waals surface area contributed by atoms with Gasteiger partial charge in [0, 0.05) is 65.6 Å². The summed E-state index contributed by atoms with van der Waals surface area (Å²) >= 11 is 0. The average Bonchev–Trinajstić information content (AvgIpc) is 0.868. The van der Waals surface area contributed by atoms with Gasteiger partial charge in [0.2, 0.25) is 0 Å². The molecular weight excluding hydrogens is 1340 g/mol. The van der Waals surface area contributed by atoms with Gasteiger partial charge < -0.3 is 77.2 Å². The summed E-state index contributed by atoms with van der Waals surface area (Å²) in [6.07, 6.45) is 0.547. The minimum atomic E-state index is -3.36. The van der Waals surface area contributed by atoms with Crippen molar-refractivity contribution >= 4 is 10.1 Å². The van der Waals surface area contributed by atoms with Crippen LogP contribution >= 0.6 is 0 Å². The molecule has 0 aliphatic heterocycles. The summed E-state index contributed by atoms with van der Waals surface area (Å²) in [6.45, 7) is 32.4. The molecule has 0 aliphatic rings. The quantitative estimate of drug-likeness (QED) is 0.0309. The van der Waals surface area contributed by atoms with E-state index in [9.17, 15) is 17.2 Å². The first-order chi connectivity index (χ1) is 49.1. The van der Waals surface area contributed by atoms with Gasteiger partial charge in [-0.1, -0.05) is 142 Å². The van der Waals surface area contributed by atoms with Crippen molar-refractivity contribution in [3.63, 3.8) is 0 Å². The Morgan fingerprint density at radius 3 is 0.794 bits per heavy atom. The third-order valence-corrected chi connectivity index (χ3v) is 15.4. The number of alkyl halides is 3. The Labute approximate surface area is 611 Å². The van der Waals surface area contributed by atoms with Gasteiger partial charge in [0.25, 0.3) is 10.1 Å². The summed E-state index contributed by atoms with van der Waals surface area (Å²) in [5.41, 5.74) is 7.17. The Hall–Kier alpha value is -4.14. The van der Waals surface area contributed by atoms with Gasteiger partial charge in [0.15, 0.2) is 0 Å². The molecule has 4 rings (SSSR count). The normalized spacial score (nSPS) is 12.9. The Balaban J connectivity index is 0.000000708. The zero-order valence-electron chi connectivity index (χ0n) is 63.3. The van der Waals surface area contributed by atoms with Gasteiger partial charge in [0.05, 0.1) is 182 Å². The standard InChI is InChI=1S/C30H46FNO5.C21H28FNO2.C16H34FNO5.C10H22O6S/c1-4-15-33-16-17-34-18-19-35-20-21-36-22-23-37-30(2,3)29(31)26-32(24-27-11-7-5-8-12-27)25-28-13-9-6-10-14-28;1-21(2,25-14-13-24)20(22)17-23(15-18-9-5-3-6-10-18)16-19-11-7-4-8-12-19;1-4-5-19-6-7-20-8-9-21-10-11-22-12-13-23-16(2,3)15(17)14-18;1-3-4-13-5-6-14-7-8-15-9-10-16-17(2,11)12/h5-14,29H,4,15-26H2,1-3H3;3-12,20,24H,13-17H2,1-2H3;15H,4-14,18H2,1-3H3;3-10H2,1-2H3. The topological polar surface area (TPSA) is 225 Å². The van der Waals surface area contributed by atoms with Gasteiger partial charge in [-0.25, -0.2) is 13.2 Å². The van der Waals surface area contributed by atoms with E-state index in [1.807, 2.05) is 79.7 Å². The molecule has 102 heavy (non-hydrogen) atoms. The monoisotopic (exact) mass is 1470 g/mol. The molecule has 0 aromatic heterocycles. The number of rotatable bonds is 61. The highest BCUT2D eigenvalue weighted by Gasteiger charge is 2.34. The van der Waals surface area contributed by atoms with Gasteiger partial charge in [-0.2, -0.15) is 8.42 Å². The summed E-state index contributed by atoms with van der Waals surface area (Å²) < 4.78 is 145. The molecule has 0 heterocycles. The number of nitrogens with two attached hydrogens (primary N) is 1. The fraction of sp³-hybridized carbons (Fsp3) is 0.688. The number of ether oxygens (including phenoxy) is 14. The zero-order chi connectivity index (χ0) is 75.1. The molecule has 0 fully saturated rings. The molecule has 0 saturated carbocycles. The van der Waals surface area contributed by atoms with Crippen molar-refractivity contribution in [3.8, 4) is 0 Å². The van der Waals surface area contributed by atoms with Crippen molar-refractivity contribution in [2.45, 2.75) is 143 Å². The molecule has 0 aliphatic carbocycles. The molecule has 25 heteroatoms. The van der Waals surface area contributed by atoms with Crippen LogP contribution in [0.2, 0.25) is 0 Å². The SMILES string of the molecule is CC(C)(OCCO)C(F)CN(Cc1ccccc1)Cc1ccccc1.CCCOCCOCCOCCOCCOC(C)(C)C(F)CN.CCCOCCOCCOCCOCCOC(C)(C)C(F)CN(Cc1ccccc1)Cc1ccccc1.CCCOCCOCCOCCOS(C)(=O)=O. The van der Waals surface area contributed by atoms with Crippen molar-refractivity contribution in [1.82, 2.24) is 9.80 Å². The van der Waals surface area contributed by atoms with Crippen molar-refractivity contribution < 1.29 is 97.2 Å². The van der Waals surface area contributed by atoms with Crippen molar-refractivity contribution in [2.75, 3.05) is 204 Å². The lowest BCUT2D eigenvalue weighted by Crippen LogP contribution is -2.44. The van der Waals surface area contributed by atoms with Crippen LogP contribution in [0.4, 0.5) is 13.2 Å². The highest BCUT2D eigenvalue weighted by molar-refractivity contribution is 7.86. The second-order valence-electron chi connectivity index (χ2n) is 25.3. The number of nitrogens with zero attached hydrogens (tertiary/aromatic N) is 2. The summed E-state index contributed by atoms with van der Waals surface area (Å²) in [7, 11) is -3.36. The maximum atomic E-state index is 15.5. The van der Waals surface area contributed by atoms with E-state index in [0.717, 1.165) is 67.6 Å². The van der Waals surface area contributed by atoms with Crippen LogP contribution < -0.4 is 5.73 Å². The Bertz CT molecular complexity index is 2490. The van der Waals surface area contributed by atoms with Crippen LogP contribution in [0.3, 0.4) is 0 Å². The van der Waals surface area contributed by atoms with Gasteiger partial charge in [-0.15, -0.1) is 0 Å². The van der Waals surface area contributed by atoms with E-state index in [1.54, 1.807) is 41.5 Å². The first-order valence-corrected chi connectivity index (χ1v) is 37.9. The second-order valence-corrected chi connectivity index (χ2v) is 26.9. The fourth-order valence-electron chi connectivity index (χ4n) is 8.96. The minimum Gasteiger partial charge on any atom is -0.394 e. The predicted octanol–water partition coefficient (Wildman–Crippen LogP) is 11.1. The lowest BCUT2D eigenvalue weighted by molar-refractivity contribution is -0.0975. The predicted molar refractivity (Wildman–Crippen MR) is 396 cm³/mol. The van der Waals surface area contributed by atoms with Crippen molar-refractivity contribution in [3.05, 3.63) is 144 Å². The summed E-state index contributed by atoms with van der Waals surface area (Å²) in [5.74, 6) is 0. The number of hydrogen-bond donors (Lipinski definition) is 2. The number of hydrogen-bond acceptors (Lipinski definition) is 21. The van der Waals surface area contributed by atoms with Crippen LogP contribution in [0.15, 0.2) is 121 Å². The Morgan fingerprint density at radius 2 is 0.569 bits per heavy atom. The number of halogens is 3. The van der Waals surface area contributed by atoms with Gasteiger partial charge in [0.1, 0.15) is 18.5 Å². The summed E-state index contributed by atoms with van der Waals surface area (Å²) in [5, 5.41) is 8.93. The van der Waals surface area contributed by atoms with Crippen LogP contribution in [0.1, 0.15) is 104 Å². The maximum Gasteiger partial charge on any atom is 0.264 e. The van der Waals surface area contributed by atoms with Gasteiger partial charge >= 0.3 is 0 Å². The molecule has 0 bridgehead atoms. The summed E-state index contributed by atoms with van der Waals surface area (Å²) in [6, 6.07) is 40.5. The van der Waals surface area contributed by atoms with E-state index in [0.29, 0.717) is 158 Å². The van der Waals surface area contributed by atoms with Crippen LogP contribution in [0.5, 0.6) is 0 Å². The molecule has 0 radical (unpaired) electrons. The molecule has 588 valence electrons. The number of benzene rings is 4. The molecule has 4 aromatic rings. The molecule has 0 amide bonds. The minimum absolute atomic E-state index is 0.0401. The first kappa shape index (κ1) is 95.9. The highest BCUT2D eigenvalue weighted by Crippen LogP contribution is 2.24. The van der Waals surface area contributed by atoms with Crippen LogP contribution in [-0.2, 0) is 107 Å². The largest absolute Gasteiger partial charge is 0.394 e. The number of aliphatic hydroxyl groups is 1. The van der Waals surface area contributed by atoms with Crippen LogP contribution in [0, 0.1) is 0 Å². The molecule has 0 spiro atoms. The average molecular weight is 1470 g/mol. The lowest BCUT2D eigenvalue weighted by Gasteiger charge is -2.33. The summed E-state index contributed by atoms with van der Waals surface area (Å²) in [4.78, 5) is 4.23. The van der Waals surface area contributed by atoms with E-state index < -0.39 is 45.4 Å². The molecule has 3 N–H and O–H groups in total. The molecule has 4 aromatic carbocycles. The van der Waals surface area contributed by atoms with E-state index in [1.165, 1.54) is 0 Å². The van der Waals surface area contributed by atoms with Gasteiger partial charge in [-0.3, -0.25) is 14.0 Å². The first-order valence-electron chi connectivity index (χ1n) is 36.1. The third-order valence-electron chi connectivity index (χ3n) is 14.8. The smallest absolute Gasteiger partial charge is 0.264 e. The molecule has 3 unspecified atom stereocenters. The third kappa shape index (κ3) is 55.3. The maximum absolute atomic E-state index is 15.5. The van der Waals surface area contributed by atoms with Gasteiger partial charge in [-0.05, 0) is 83.1 Å². The lowest BCUT2D eigenvalue weighted by atomic mass is 10.0. The molecule has 21 nitrogen and oxygen atoms in total. The Morgan fingerprint density at radius 1 is 0.353 bits per heavy atom. The highest BCUT2D eigenvalue weighted by atomic mass is 32.2. The molecule has 0 saturated heterocycles. The fourth-order valence-corrected chi connectivity index (χ4v) is 9.33. The van der Waals surface area contributed by atoms with E-state index in [2.05, 4.69) is 76.4 Å². The Kier molecular flexibility index (Phi) is 59.2. The zero-order valence-corrected chi connectivity index (χ0v) is 64.2. The van der Waals surface area contributed by atoms with Crippen LogP contribution in [0.25, 0.3) is 0 Å². The van der Waals surface area contributed by atoms with Crippen molar-refractivity contribution in [2.24, 2.45) is 5.73 Å². The second kappa shape index (κ2) is 63.0. The van der Waals surface area contributed by atoms with Crippen molar-refractivity contribution in [1.29, 1.82) is 0 Å². The molecule has 3 atom stereocenters. The molecular formula is C77H130F3N3O18S. The van der Waals surface area contributed by atoms with E-state index >= 15 is 4.39 Å². The van der Waals surface area contributed by atoms with Crippen LogP contribution in [-0.4, -0.2) is 263 Å².